The van der Waals surface area contributed by atoms with E-state index in [-0.39, 0.29) is 0 Å². The third-order valence-electron chi connectivity index (χ3n) is 2.58. The fraction of sp³-hybridized carbons (Fsp3) is 0.600. The van der Waals surface area contributed by atoms with Gasteiger partial charge in [0.25, 0.3) is 0 Å². The molecule has 0 saturated heterocycles. The molecule has 2 heteroatoms. The van der Waals surface area contributed by atoms with Crippen LogP contribution >= 0.6 is 0 Å². The highest BCUT2D eigenvalue weighted by Crippen LogP contribution is 2.29. The van der Waals surface area contributed by atoms with Crippen molar-refractivity contribution in [3.05, 3.63) is 23.8 Å². The largest absolute Gasteiger partial charge is 0.493 e. The molecule has 1 aromatic rings. The van der Waals surface area contributed by atoms with E-state index in [1.165, 1.54) is 11.3 Å². The van der Waals surface area contributed by atoms with Crippen LogP contribution in [0.15, 0.2) is 18.2 Å². The van der Waals surface area contributed by atoms with E-state index in [0.717, 1.165) is 18.9 Å². The second-order valence-electron chi connectivity index (χ2n) is 5.14. The fourth-order valence-corrected chi connectivity index (χ4v) is 1.70. The maximum atomic E-state index is 5.87. The molecule has 0 aliphatic rings. The first-order chi connectivity index (χ1) is 8.04. The second kappa shape index (κ2) is 6.53. The molecule has 0 bridgehead atoms. The van der Waals surface area contributed by atoms with Crippen LogP contribution in [0.25, 0.3) is 0 Å². The number of ether oxygens (including phenoxy) is 1. The lowest BCUT2D eigenvalue weighted by Gasteiger charge is -2.17. The van der Waals surface area contributed by atoms with Crippen molar-refractivity contribution >= 4 is 5.69 Å². The van der Waals surface area contributed by atoms with Crippen molar-refractivity contribution in [3.8, 4) is 5.75 Å². The van der Waals surface area contributed by atoms with Crippen molar-refractivity contribution < 1.29 is 4.74 Å². The number of hydrogen-bond acceptors (Lipinski definition) is 2. The van der Waals surface area contributed by atoms with E-state index in [0.29, 0.717) is 11.8 Å². The maximum absolute atomic E-state index is 5.87. The van der Waals surface area contributed by atoms with Gasteiger partial charge in [-0.1, -0.05) is 27.7 Å². The minimum Gasteiger partial charge on any atom is -0.493 e. The molecule has 1 aromatic carbocycles. The number of nitrogens with one attached hydrogen (secondary N) is 1. The summed E-state index contributed by atoms with van der Waals surface area (Å²) in [6.07, 6.45) is 0. The van der Waals surface area contributed by atoms with Gasteiger partial charge in [-0.3, -0.25) is 0 Å². The van der Waals surface area contributed by atoms with Crippen molar-refractivity contribution in [2.45, 2.75) is 40.5 Å². The zero-order chi connectivity index (χ0) is 12.8. The molecule has 17 heavy (non-hydrogen) atoms. The molecule has 0 aliphatic heterocycles. The summed E-state index contributed by atoms with van der Waals surface area (Å²) in [5.41, 5.74) is 2.46. The van der Waals surface area contributed by atoms with Crippen LogP contribution < -0.4 is 10.1 Å². The first-order valence-electron chi connectivity index (χ1n) is 6.55. The Balaban J connectivity index is 2.88. The highest BCUT2D eigenvalue weighted by Gasteiger charge is 2.09. The minimum atomic E-state index is 0.482. The average molecular weight is 235 g/mol. The van der Waals surface area contributed by atoms with Crippen LogP contribution in [-0.4, -0.2) is 13.2 Å². The molecule has 0 unspecified atom stereocenters. The van der Waals surface area contributed by atoms with Crippen molar-refractivity contribution in [1.82, 2.24) is 0 Å². The second-order valence-corrected chi connectivity index (χ2v) is 5.14. The Labute approximate surface area is 105 Å². The van der Waals surface area contributed by atoms with Gasteiger partial charge < -0.3 is 10.1 Å². The van der Waals surface area contributed by atoms with Gasteiger partial charge >= 0.3 is 0 Å². The van der Waals surface area contributed by atoms with E-state index in [1.54, 1.807) is 0 Å². The van der Waals surface area contributed by atoms with Crippen molar-refractivity contribution in [1.29, 1.82) is 0 Å². The SMILES string of the molecule is CCNc1ccc(OCC(C)C)c(C(C)C)c1. The van der Waals surface area contributed by atoms with Gasteiger partial charge in [0.15, 0.2) is 0 Å². The van der Waals surface area contributed by atoms with Crippen molar-refractivity contribution in [2.75, 3.05) is 18.5 Å². The summed E-state index contributed by atoms with van der Waals surface area (Å²) in [6.45, 7) is 12.6. The predicted octanol–water partition coefficient (Wildman–Crippen LogP) is 4.28. The van der Waals surface area contributed by atoms with Crippen LogP contribution in [0.4, 0.5) is 5.69 Å². The lowest BCUT2D eigenvalue weighted by molar-refractivity contribution is 0.268. The molecule has 0 spiro atoms. The molecule has 0 aliphatic carbocycles. The first-order valence-corrected chi connectivity index (χ1v) is 6.55. The summed E-state index contributed by atoms with van der Waals surface area (Å²) in [7, 11) is 0. The molecule has 0 atom stereocenters. The minimum absolute atomic E-state index is 0.482. The number of benzene rings is 1. The van der Waals surface area contributed by atoms with Crippen LogP contribution in [0, 0.1) is 5.92 Å². The van der Waals surface area contributed by atoms with E-state index in [1.807, 2.05) is 0 Å². The summed E-state index contributed by atoms with van der Waals surface area (Å²) < 4.78 is 5.87. The number of rotatable bonds is 6. The van der Waals surface area contributed by atoms with Crippen molar-refractivity contribution in [3.63, 3.8) is 0 Å². The van der Waals surface area contributed by atoms with E-state index in [4.69, 9.17) is 4.74 Å². The Morgan fingerprint density at radius 3 is 2.41 bits per heavy atom. The molecular formula is C15H25NO. The van der Waals surface area contributed by atoms with Crippen LogP contribution in [0.2, 0.25) is 0 Å². The summed E-state index contributed by atoms with van der Waals surface area (Å²) in [4.78, 5) is 0. The van der Waals surface area contributed by atoms with Gasteiger partial charge in [-0.05, 0) is 42.5 Å². The molecule has 0 saturated carbocycles. The van der Waals surface area contributed by atoms with Gasteiger partial charge in [0.1, 0.15) is 5.75 Å². The Bertz CT molecular complexity index is 345. The van der Waals surface area contributed by atoms with Crippen LogP contribution in [0.1, 0.15) is 46.1 Å². The van der Waals surface area contributed by atoms with Gasteiger partial charge in [-0.25, -0.2) is 0 Å². The average Bonchev–Trinajstić information content (AvgIpc) is 2.27. The van der Waals surface area contributed by atoms with Crippen LogP contribution in [0.5, 0.6) is 5.75 Å². The Morgan fingerprint density at radius 2 is 1.88 bits per heavy atom. The van der Waals surface area contributed by atoms with Gasteiger partial charge in [0, 0.05) is 12.2 Å². The number of anilines is 1. The van der Waals surface area contributed by atoms with Crippen LogP contribution in [-0.2, 0) is 0 Å². The Kier molecular flexibility index (Phi) is 5.33. The summed E-state index contributed by atoms with van der Waals surface area (Å²) >= 11 is 0. The highest BCUT2D eigenvalue weighted by molar-refractivity contribution is 5.52. The topological polar surface area (TPSA) is 21.3 Å². The van der Waals surface area contributed by atoms with E-state index < -0.39 is 0 Å². The van der Waals surface area contributed by atoms with E-state index in [2.05, 4.69) is 58.1 Å². The normalized spacial score (nSPS) is 11.0. The predicted molar refractivity (Wildman–Crippen MR) is 75.0 cm³/mol. The van der Waals surface area contributed by atoms with Gasteiger partial charge in [-0.2, -0.15) is 0 Å². The third kappa shape index (κ3) is 4.29. The summed E-state index contributed by atoms with van der Waals surface area (Å²) in [5.74, 6) is 2.06. The summed E-state index contributed by atoms with van der Waals surface area (Å²) in [6, 6.07) is 6.37. The summed E-state index contributed by atoms with van der Waals surface area (Å²) in [5, 5.41) is 3.34. The van der Waals surface area contributed by atoms with Gasteiger partial charge in [0.05, 0.1) is 6.61 Å². The number of hydrogen-bond donors (Lipinski definition) is 1. The zero-order valence-corrected chi connectivity index (χ0v) is 11.7. The molecule has 0 radical (unpaired) electrons. The van der Waals surface area contributed by atoms with E-state index >= 15 is 0 Å². The lowest BCUT2D eigenvalue weighted by atomic mass is 10.0. The zero-order valence-electron chi connectivity index (χ0n) is 11.7. The monoisotopic (exact) mass is 235 g/mol. The van der Waals surface area contributed by atoms with Crippen molar-refractivity contribution in [2.24, 2.45) is 5.92 Å². The maximum Gasteiger partial charge on any atom is 0.122 e. The van der Waals surface area contributed by atoms with Gasteiger partial charge in [0.2, 0.25) is 0 Å². The fourth-order valence-electron chi connectivity index (χ4n) is 1.70. The molecule has 0 amide bonds. The molecule has 0 heterocycles. The highest BCUT2D eigenvalue weighted by atomic mass is 16.5. The Morgan fingerprint density at radius 1 is 1.18 bits per heavy atom. The van der Waals surface area contributed by atoms with Gasteiger partial charge in [-0.15, -0.1) is 0 Å². The molecule has 0 aromatic heterocycles. The molecule has 0 fully saturated rings. The lowest BCUT2D eigenvalue weighted by Crippen LogP contribution is -2.07. The molecule has 2 nitrogen and oxygen atoms in total. The smallest absolute Gasteiger partial charge is 0.122 e. The van der Waals surface area contributed by atoms with E-state index in [9.17, 15) is 0 Å². The molecule has 1 N–H and O–H groups in total. The van der Waals surface area contributed by atoms with Crippen LogP contribution in [0.3, 0.4) is 0 Å². The molecular weight excluding hydrogens is 210 g/mol. The third-order valence-corrected chi connectivity index (χ3v) is 2.58. The standard InChI is InChI=1S/C15H25NO/c1-6-16-13-7-8-15(17-10-11(2)3)14(9-13)12(4)5/h7-9,11-12,16H,6,10H2,1-5H3. The Hall–Kier alpha value is -1.18. The molecule has 1 rings (SSSR count). The molecule has 96 valence electrons. The quantitative estimate of drug-likeness (QED) is 0.794. The first kappa shape index (κ1) is 13.9.